The number of benzene rings is 1. The van der Waals surface area contributed by atoms with Gasteiger partial charge in [-0.1, -0.05) is 57.6 Å². The average Bonchev–Trinajstić information content (AvgIpc) is 2.62. The van der Waals surface area contributed by atoms with Gasteiger partial charge in [0.2, 0.25) is 5.91 Å². The fourth-order valence-corrected chi connectivity index (χ4v) is 2.86. The summed E-state index contributed by atoms with van der Waals surface area (Å²) in [4.78, 5) is 35.2. The van der Waals surface area contributed by atoms with E-state index in [9.17, 15) is 24.6 Å². The normalized spacial score (nSPS) is 11.7. The molecule has 6 heteroatoms. The molecule has 27 heavy (non-hydrogen) atoms. The maximum atomic E-state index is 12.0. The third kappa shape index (κ3) is 10.4. The minimum absolute atomic E-state index is 0.0885. The number of carboxylic acids is 1. The molecule has 0 radical (unpaired) electrons. The fraction of sp³-hybridized carbons (Fsp3) is 0.571. The highest BCUT2D eigenvalue weighted by atomic mass is 16.4. The van der Waals surface area contributed by atoms with Crippen molar-refractivity contribution >= 4 is 17.7 Å². The van der Waals surface area contributed by atoms with Gasteiger partial charge in [-0.05, 0) is 24.1 Å². The van der Waals surface area contributed by atoms with Crippen LogP contribution in [0.15, 0.2) is 24.3 Å². The highest BCUT2D eigenvalue weighted by Crippen LogP contribution is 2.12. The van der Waals surface area contributed by atoms with Crippen molar-refractivity contribution in [3.05, 3.63) is 29.8 Å². The maximum absolute atomic E-state index is 12.0. The summed E-state index contributed by atoms with van der Waals surface area (Å²) in [7, 11) is 0. The zero-order valence-corrected chi connectivity index (χ0v) is 16.1. The van der Waals surface area contributed by atoms with Gasteiger partial charge in [-0.15, -0.1) is 0 Å². The number of Topliss-reactive ketones (excluding diaryl/α,β-unsaturated/α-hetero) is 1. The number of nitrogens with one attached hydrogen (secondary N) is 1. The fourth-order valence-electron chi connectivity index (χ4n) is 2.86. The summed E-state index contributed by atoms with van der Waals surface area (Å²) < 4.78 is 0. The van der Waals surface area contributed by atoms with Gasteiger partial charge in [0.05, 0.1) is 6.42 Å². The van der Waals surface area contributed by atoms with Crippen molar-refractivity contribution in [2.24, 2.45) is 0 Å². The molecule has 0 aliphatic carbocycles. The molecule has 150 valence electrons. The summed E-state index contributed by atoms with van der Waals surface area (Å²) in [6.07, 6.45) is 7.88. The average molecular weight is 377 g/mol. The minimum Gasteiger partial charge on any atom is -0.508 e. The van der Waals surface area contributed by atoms with E-state index in [1.54, 1.807) is 12.1 Å². The van der Waals surface area contributed by atoms with Crippen LogP contribution in [-0.2, 0) is 20.8 Å². The van der Waals surface area contributed by atoms with Crippen molar-refractivity contribution in [3.63, 3.8) is 0 Å². The second-order valence-corrected chi connectivity index (χ2v) is 6.92. The van der Waals surface area contributed by atoms with Crippen LogP contribution in [0.25, 0.3) is 0 Å². The molecule has 0 aromatic heterocycles. The first kappa shape index (κ1) is 22.7. The third-order valence-electron chi connectivity index (χ3n) is 4.43. The van der Waals surface area contributed by atoms with Gasteiger partial charge in [-0.25, -0.2) is 4.79 Å². The number of carbonyl (C=O) groups excluding carboxylic acids is 2. The van der Waals surface area contributed by atoms with E-state index < -0.39 is 17.9 Å². The van der Waals surface area contributed by atoms with Gasteiger partial charge in [-0.3, -0.25) is 9.59 Å². The number of carboxylic acid groups (broad SMARTS) is 1. The monoisotopic (exact) mass is 377 g/mol. The summed E-state index contributed by atoms with van der Waals surface area (Å²) in [5, 5.41) is 21.0. The highest BCUT2D eigenvalue weighted by molar-refractivity contribution is 5.99. The van der Waals surface area contributed by atoms with Crippen LogP contribution < -0.4 is 5.32 Å². The van der Waals surface area contributed by atoms with Crippen molar-refractivity contribution in [3.8, 4) is 5.75 Å². The first-order valence-electron chi connectivity index (χ1n) is 9.74. The number of phenolic OH excluding ortho intramolecular Hbond substituents is 1. The molecule has 0 spiro atoms. The van der Waals surface area contributed by atoms with E-state index in [2.05, 4.69) is 12.2 Å². The number of aromatic hydroxyl groups is 1. The van der Waals surface area contributed by atoms with Crippen LogP contribution in [0.2, 0.25) is 0 Å². The van der Waals surface area contributed by atoms with E-state index in [0.717, 1.165) is 19.3 Å². The first-order valence-corrected chi connectivity index (χ1v) is 9.74. The lowest BCUT2D eigenvalue weighted by Crippen LogP contribution is -2.42. The molecule has 6 nitrogen and oxygen atoms in total. The molecule has 1 rings (SSSR count). The summed E-state index contributed by atoms with van der Waals surface area (Å²) in [6.45, 7) is 2.17. The Kier molecular flexibility index (Phi) is 10.8. The van der Waals surface area contributed by atoms with Crippen molar-refractivity contribution in [1.29, 1.82) is 0 Å². The molecule has 0 heterocycles. The zero-order chi connectivity index (χ0) is 20.1. The summed E-state index contributed by atoms with van der Waals surface area (Å²) in [5.41, 5.74) is 0.676. The Bertz CT molecular complexity index is 597. The molecule has 0 saturated heterocycles. The van der Waals surface area contributed by atoms with Gasteiger partial charge in [0.15, 0.2) is 0 Å². The Hall–Kier alpha value is -2.37. The Balaban J connectivity index is 2.31. The maximum Gasteiger partial charge on any atom is 0.326 e. The zero-order valence-electron chi connectivity index (χ0n) is 16.1. The number of hydrogen-bond acceptors (Lipinski definition) is 4. The lowest BCUT2D eigenvalue weighted by Gasteiger charge is -2.14. The number of unbranched alkanes of at least 4 members (excludes halogenated alkanes) is 6. The Labute approximate surface area is 161 Å². The molecule has 1 aromatic rings. The quantitative estimate of drug-likeness (QED) is 0.339. The lowest BCUT2D eigenvalue weighted by atomic mass is 10.0. The molecule has 1 atom stereocenters. The highest BCUT2D eigenvalue weighted by Gasteiger charge is 2.21. The van der Waals surface area contributed by atoms with E-state index in [1.807, 2.05) is 0 Å². The van der Waals surface area contributed by atoms with Gasteiger partial charge < -0.3 is 15.5 Å². The van der Waals surface area contributed by atoms with Gasteiger partial charge in [0, 0.05) is 12.8 Å². The summed E-state index contributed by atoms with van der Waals surface area (Å²) in [5.74, 6) is -1.79. The number of aliphatic carboxylic acids is 1. The van der Waals surface area contributed by atoms with Crippen molar-refractivity contribution in [2.75, 3.05) is 0 Å². The molecule has 1 amide bonds. The van der Waals surface area contributed by atoms with E-state index in [4.69, 9.17) is 0 Å². The van der Waals surface area contributed by atoms with Crippen molar-refractivity contribution in [1.82, 2.24) is 5.32 Å². The number of phenols is 1. The number of carbonyl (C=O) groups is 3. The topological polar surface area (TPSA) is 104 Å². The molecule has 1 aromatic carbocycles. The standard InChI is InChI=1S/C21H31NO5/c1-2-3-4-5-6-7-8-9-18(24)15-20(25)22-19(21(26)27)14-16-10-12-17(23)13-11-16/h10-13,19,23H,2-9,14-15H2,1H3,(H,22,25)(H,26,27)/t19-/m0/s1. The second-order valence-electron chi connectivity index (χ2n) is 6.92. The van der Waals surface area contributed by atoms with Crippen LogP contribution in [0.1, 0.15) is 70.3 Å². The van der Waals surface area contributed by atoms with Crippen LogP contribution in [0.5, 0.6) is 5.75 Å². The van der Waals surface area contributed by atoms with Crippen molar-refractivity contribution in [2.45, 2.75) is 77.2 Å². The Morgan fingerprint density at radius 1 is 0.963 bits per heavy atom. The van der Waals surface area contributed by atoms with Crippen LogP contribution in [0.3, 0.4) is 0 Å². The van der Waals surface area contributed by atoms with E-state index in [-0.39, 0.29) is 24.4 Å². The molecule has 3 N–H and O–H groups in total. The third-order valence-corrected chi connectivity index (χ3v) is 4.43. The molecule has 0 aliphatic heterocycles. The molecule has 0 fully saturated rings. The summed E-state index contributed by atoms with van der Waals surface area (Å²) in [6, 6.07) is 5.02. The molecule has 0 saturated carbocycles. The lowest BCUT2D eigenvalue weighted by molar-refractivity contribution is -0.142. The summed E-state index contributed by atoms with van der Waals surface area (Å²) >= 11 is 0. The number of amides is 1. The van der Waals surface area contributed by atoms with Crippen LogP contribution in [0.4, 0.5) is 0 Å². The molecule has 0 bridgehead atoms. The predicted octanol–water partition coefficient (Wildman–Crippen LogP) is 3.60. The molecule has 0 unspecified atom stereocenters. The second kappa shape index (κ2) is 12.9. The Morgan fingerprint density at radius 3 is 2.15 bits per heavy atom. The van der Waals surface area contributed by atoms with E-state index in [0.29, 0.717) is 12.0 Å². The van der Waals surface area contributed by atoms with Gasteiger partial charge in [0.1, 0.15) is 17.6 Å². The smallest absolute Gasteiger partial charge is 0.326 e. The Morgan fingerprint density at radius 2 is 1.56 bits per heavy atom. The van der Waals surface area contributed by atoms with Gasteiger partial charge in [0.25, 0.3) is 0 Å². The minimum atomic E-state index is -1.16. The largest absolute Gasteiger partial charge is 0.508 e. The number of ketones is 1. The number of hydrogen-bond donors (Lipinski definition) is 3. The number of rotatable bonds is 14. The van der Waals surface area contributed by atoms with Crippen molar-refractivity contribution < 1.29 is 24.6 Å². The first-order chi connectivity index (χ1) is 12.9. The molecule has 0 aliphatic rings. The van der Waals surface area contributed by atoms with Crippen LogP contribution >= 0.6 is 0 Å². The molecular formula is C21H31NO5. The predicted molar refractivity (Wildman–Crippen MR) is 104 cm³/mol. The van der Waals surface area contributed by atoms with Gasteiger partial charge >= 0.3 is 5.97 Å². The van der Waals surface area contributed by atoms with Gasteiger partial charge in [-0.2, -0.15) is 0 Å². The van der Waals surface area contributed by atoms with E-state index in [1.165, 1.54) is 37.8 Å². The van der Waals surface area contributed by atoms with Crippen LogP contribution in [-0.4, -0.2) is 33.9 Å². The molecular weight excluding hydrogens is 346 g/mol. The van der Waals surface area contributed by atoms with Crippen LogP contribution in [0, 0.1) is 0 Å². The SMILES string of the molecule is CCCCCCCCCC(=O)CC(=O)N[C@@H](Cc1ccc(O)cc1)C(=O)O. The van der Waals surface area contributed by atoms with E-state index >= 15 is 0 Å².